The molecule has 0 atom stereocenters. The zero-order valence-electron chi connectivity index (χ0n) is 16.1. The highest BCUT2D eigenvalue weighted by Gasteiger charge is 2.13. The monoisotopic (exact) mass is 359 g/mol. The van der Waals surface area contributed by atoms with Crippen LogP contribution < -0.4 is 5.32 Å². The first-order chi connectivity index (χ1) is 13.1. The van der Waals surface area contributed by atoms with Crippen LogP contribution in [0.15, 0.2) is 54.6 Å². The van der Waals surface area contributed by atoms with Gasteiger partial charge in [-0.2, -0.15) is 0 Å². The highest BCUT2D eigenvalue weighted by molar-refractivity contribution is 5.92. The summed E-state index contributed by atoms with van der Waals surface area (Å²) in [6, 6.07) is 18.7. The molecule has 5 heteroatoms. The molecule has 2 aromatic heterocycles. The van der Waals surface area contributed by atoms with Crippen LogP contribution in [0.3, 0.4) is 0 Å². The lowest BCUT2D eigenvalue weighted by atomic mass is 10.2. The quantitative estimate of drug-likeness (QED) is 0.525. The number of anilines is 1. The molecule has 138 valence electrons. The molecular weight excluding hydrogens is 334 g/mol. The summed E-state index contributed by atoms with van der Waals surface area (Å²) in [6.45, 7) is 1.93. The largest absolute Gasteiger partial charge is 0.369 e. The lowest BCUT2D eigenvalue weighted by Crippen LogP contribution is -2.17. The smallest absolute Gasteiger partial charge is 0.178 e. The average Bonchev–Trinajstić information content (AvgIpc) is 3.02. The van der Waals surface area contributed by atoms with Crippen molar-refractivity contribution in [2.75, 3.05) is 32.5 Å². The summed E-state index contributed by atoms with van der Waals surface area (Å²) in [5.41, 5.74) is 3.17. The van der Waals surface area contributed by atoms with Crippen molar-refractivity contribution in [1.29, 1.82) is 0 Å². The maximum atomic E-state index is 4.89. The summed E-state index contributed by atoms with van der Waals surface area (Å²) >= 11 is 0. The van der Waals surface area contributed by atoms with E-state index >= 15 is 0 Å². The normalized spacial score (nSPS) is 11.6. The molecule has 5 nitrogen and oxygen atoms in total. The summed E-state index contributed by atoms with van der Waals surface area (Å²) < 4.78 is 2.16. The maximum absolute atomic E-state index is 4.89. The first kappa shape index (κ1) is 17.5. The molecule has 0 saturated carbocycles. The number of nitrogens with zero attached hydrogens (tertiary/aromatic N) is 4. The number of aromatic nitrogens is 3. The minimum atomic E-state index is 0.752. The molecule has 27 heavy (non-hydrogen) atoms. The lowest BCUT2D eigenvalue weighted by Gasteiger charge is -2.13. The Kier molecular flexibility index (Phi) is 4.77. The Morgan fingerprint density at radius 1 is 1.00 bits per heavy atom. The number of fused-ring (bicyclic) bond motifs is 2. The van der Waals surface area contributed by atoms with Gasteiger partial charge < -0.3 is 14.8 Å². The van der Waals surface area contributed by atoms with E-state index in [1.807, 2.05) is 18.2 Å². The van der Waals surface area contributed by atoms with Crippen molar-refractivity contribution in [3.8, 4) is 11.5 Å². The molecule has 0 aliphatic rings. The molecule has 2 heterocycles. The van der Waals surface area contributed by atoms with Crippen LogP contribution in [-0.4, -0.2) is 46.6 Å². The van der Waals surface area contributed by atoms with E-state index in [1.54, 1.807) is 0 Å². The van der Waals surface area contributed by atoms with Gasteiger partial charge >= 0.3 is 0 Å². The predicted molar refractivity (Wildman–Crippen MR) is 113 cm³/mol. The molecule has 0 aliphatic heterocycles. The summed E-state index contributed by atoms with van der Waals surface area (Å²) in [4.78, 5) is 11.9. The standard InChI is InChI=1S/C22H25N5/c1-26(2)14-8-13-23-21-17-10-5-6-11-18(17)24-22(25-21)20-15-16-9-4-7-12-19(16)27(20)3/h4-7,9-12,15H,8,13-14H2,1-3H3,(H,23,24,25). The number of aryl methyl sites for hydroxylation is 1. The highest BCUT2D eigenvalue weighted by atomic mass is 15.1. The fraction of sp³-hybridized carbons (Fsp3) is 0.273. The third-order valence-electron chi connectivity index (χ3n) is 4.86. The lowest BCUT2D eigenvalue weighted by molar-refractivity contribution is 0.405. The van der Waals surface area contributed by atoms with Crippen molar-refractivity contribution in [3.63, 3.8) is 0 Å². The van der Waals surface area contributed by atoms with Crippen LogP contribution in [0.25, 0.3) is 33.3 Å². The number of para-hydroxylation sites is 2. The second kappa shape index (κ2) is 7.37. The van der Waals surface area contributed by atoms with Gasteiger partial charge in [0.1, 0.15) is 5.82 Å². The van der Waals surface area contributed by atoms with Crippen LogP contribution in [0.4, 0.5) is 5.82 Å². The van der Waals surface area contributed by atoms with Crippen LogP contribution in [0.5, 0.6) is 0 Å². The molecule has 0 saturated heterocycles. The molecule has 4 aromatic rings. The average molecular weight is 359 g/mol. The van der Waals surface area contributed by atoms with Crippen molar-refractivity contribution in [3.05, 3.63) is 54.6 Å². The SMILES string of the molecule is CN(C)CCCNc1nc(-c2cc3ccccc3n2C)nc2ccccc12. The van der Waals surface area contributed by atoms with Gasteiger partial charge in [-0.1, -0.05) is 30.3 Å². The minimum absolute atomic E-state index is 0.752. The number of nitrogens with one attached hydrogen (secondary N) is 1. The van der Waals surface area contributed by atoms with E-state index in [9.17, 15) is 0 Å². The minimum Gasteiger partial charge on any atom is -0.369 e. The fourth-order valence-electron chi connectivity index (χ4n) is 3.43. The molecule has 0 radical (unpaired) electrons. The Morgan fingerprint density at radius 2 is 1.78 bits per heavy atom. The Hall–Kier alpha value is -2.92. The van der Waals surface area contributed by atoms with Crippen molar-refractivity contribution in [2.45, 2.75) is 6.42 Å². The Balaban J connectivity index is 1.75. The van der Waals surface area contributed by atoms with E-state index in [0.717, 1.165) is 47.7 Å². The van der Waals surface area contributed by atoms with Gasteiger partial charge in [0.15, 0.2) is 5.82 Å². The summed E-state index contributed by atoms with van der Waals surface area (Å²) in [6.07, 6.45) is 1.06. The number of hydrogen-bond acceptors (Lipinski definition) is 4. The predicted octanol–water partition coefficient (Wildman–Crippen LogP) is 4.15. The number of benzene rings is 2. The van der Waals surface area contributed by atoms with Crippen LogP contribution in [0.1, 0.15) is 6.42 Å². The van der Waals surface area contributed by atoms with Crippen molar-refractivity contribution < 1.29 is 0 Å². The van der Waals surface area contributed by atoms with E-state index in [4.69, 9.17) is 9.97 Å². The molecule has 4 rings (SSSR count). The highest BCUT2D eigenvalue weighted by Crippen LogP contribution is 2.28. The first-order valence-electron chi connectivity index (χ1n) is 9.34. The van der Waals surface area contributed by atoms with Crippen molar-refractivity contribution in [1.82, 2.24) is 19.4 Å². The first-order valence-corrected chi connectivity index (χ1v) is 9.34. The molecule has 1 N–H and O–H groups in total. The van der Waals surface area contributed by atoms with Crippen LogP contribution >= 0.6 is 0 Å². The summed E-state index contributed by atoms with van der Waals surface area (Å²) in [5, 5.41) is 5.78. The zero-order valence-corrected chi connectivity index (χ0v) is 16.1. The molecule has 0 spiro atoms. The topological polar surface area (TPSA) is 46.0 Å². The Bertz CT molecular complexity index is 1080. The molecule has 0 bridgehead atoms. The van der Waals surface area contributed by atoms with Gasteiger partial charge in [-0.05, 0) is 51.3 Å². The second-order valence-corrected chi connectivity index (χ2v) is 7.14. The molecule has 0 unspecified atom stereocenters. The van der Waals surface area contributed by atoms with Crippen LogP contribution in [0, 0.1) is 0 Å². The van der Waals surface area contributed by atoms with E-state index in [1.165, 1.54) is 10.9 Å². The van der Waals surface area contributed by atoms with Crippen LogP contribution in [0.2, 0.25) is 0 Å². The third kappa shape index (κ3) is 3.51. The Morgan fingerprint density at radius 3 is 2.59 bits per heavy atom. The van der Waals surface area contributed by atoms with E-state index in [-0.39, 0.29) is 0 Å². The number of rotatable bonds is 6. The zero-order chi connectivity index (χ0) is 18.8. The maximum Gasteiger partial charge on any atom is 0.178 e. The van der Waals surface area contributed by atoms with Crippen LogP contribution in [-0.2, 0) is 7.05 Å². The third-order valence-corrected chi connectivity index (χ3v) is 4.86. The van der Waals surface area contributed by atoms with Gasteiger partial charge in [0, 0.05) is 29.9 Å². The van der Waals surface area contributed by atoms with Gasteiger partial charge in [-0.25, -0.2) is 9.97 Å². The molecule has 0 aliphatic carbocycles. The van der Waals surface area contributed by atoms with E-state index < -0.39 is 0 Å². The molecular formula is C22H25N5. The van der Waals surface area contributed by atoms with Gasteiger partial charge in [-0.3, -0.25) is 0 Å². The molecule has 2 aromatic carbocycles. The summed E-state index contributed by atoms with van der Waals surface area (Å²) in [5.74, 6) is 1.65. The fourth-order valence-corrected chi connectivity index (χ4v) is 3.43. The van der Waals surface area contributed by atoms with Crippen molar-refractivity contribution in [2.24, 2.45) is 7.05 Å². The Labute approximate surface area is 159 Å². The molecule has 0 amide bonds. The van der Waals surface area contributed by atoms with Gasteiger partial charge in [0.2, 0.25) is 0 Å². The van der Waals surface area contributed by atoms with Gasteiger partial charge in [-0.15, -0.1) is 0 Å². The van der Waals surface area contributed by atoms with Gasteiger partial charge in [0.25, 0.3) is 0 Å². The van der Waals surface area contributed by atoms with E-state index in [2.05, 4.69) is 72.3 Å². The summed E-state index contributed by atoms with van der Waals surface area (Å²) in [7, 11) is 6.26. The van der Waals surface area contributed by atoms with Gasteiger partial charge in [0.05, 0.1) is 11.2 Å². The van der Waals surface area contributed by atoms with E-state index in [0.29, 0.717) is 0 Å². The second-order valence-electron chi connectivity index (χ2n) is 7.14. The molecule has 0 fully saturated rings. The van der Waals surface area contributed by atoms with Crippen molar-refractivity contribution >= 4 is 27.6 Å². The number of hydrogen-bond donors (Lipinski definition) is 1.